The summed E-state index contributed by atoms with van der Waals surface area (Å²) in [5.41, 5.74) is 1.26. The molecule has 0 radical (unpaired) electrons. The summed E-state index contributed by atoms with van der Waals surface area (Å²) < 4.78 is 18.9. The molecule has 1 aliphatic heterocycles. The maximum Gasteiger partial charge on any atom is 0.228 e. The number of nitrogens with one attached hydrogen (secondary N) is 1. The Hall–Kier alpha value is -3.09. The first kappa shape index (κ1) is 19.2. The molecular formula is C22H24FN3O3. The number of ether oxygens (including phenoxy) is 1. The van der Waals surface area contributed by atoms with Crippen molar-refractivity contribution >= 4 is 23.2 Å². The number of benzene rings is 2. The van der Waals surface area contributed by atoms with Crippen LogP contribution in [0.25, 0.3) is 0 Å². The molecule has 1 saturated heterocycles. The van der Waals surface area contributed by atoms with Crippen LogP contribution >= 0.6 is 0 Å². The Labute approximate surface area is 169 Å². The van der Waals surface area contributed by atoms with Crippen molar-refractivity contribution in [2.45, 2.75) is 6.42 Å². The van der Waals surface area contributed by atoms with Crippen LogP contribution in [0.15, 0.2) is 48.5 Å². The number of rotatable bonds is 5. The highest BCUT2D eigenvalue weighted by Gasteiger charge is 2.49. The molecule has 1 saturated carbocycles. The summed E-state index contributed by atoms with van der Waals surface area (Å²) in [6.07, 6.45) is 0.526. The molecule has 1 heterocycles. The van der Waals surface area contributed by atoms with E-state index in [2.05, 4.69) is 10.2 Å². The fourth-order valence-corrected chi connectivity index (χ4v) is 3.76. The van der Waals surface area contributed by atoms with Gasteiger partial charge in [0, 0.05) is 31.9 Å². The number of hydrogen-bond donors (Lipinski definition) is 1. The van der Waals surface area contributed by atoms with Crippen LogP contribution in [0, 0.1) is 17.7 Å². The summed E-state index contributed by atoms with van der Waals surface area (Å²) in [5.74, 6) is -0.593. The average Bonchev–Trinajstić information content (AvgIpc) is 3.56. The smallest absolute Gasteiger partial charge is 0.228 e. The second-order valence-corrected chi connectivity index (χ2v) is 7.43. The van der Waals surface area contributed by atoms with Crippen LogP contribution in [-0.2, 0) is 9.59 Å². The number of halogens is 1. The van der Waals surface area contributed by atoms with Crippen molar-refractivity contribution in [3.8, 4) is 5.75 Å². The summed E-state index contributed by atoms with van der Waals surface area (Å²) in [6.45, 7) is 2.75. The number of carbonyl (C=O) groups is 2. The van der Waals surface area contributed by atoms with E-state index < -0.39 is 5.82 Å². The van der Waals surface area contributed by atoms with Gasteiger partial charge in [0.2, 0.25) is 11.8 Å². The van der Waals surface area contributed by atoms with E-state index in [0.717, 1.165) is 24.5 Å². The summed E-state index contributed by atoms with van der Waals surface area (Å²) in [4.78, 5) is 29.2. The average molecular weight is 397 g/mol. The van der Waals surface area contributed by atoms with Crippen LogP contribution in [0.4, 0.5) is 15.8 Å². The number of amides is 2. The minimum absolute atomic E-state index is 0.0214. The molecule has 2 amide bonds. The van der Waals surface area contributed by atoms with Gasteiger partial charge in [-0.1, -0.05) is 12.1 Å². The number of hydrogen-bond acceptors (Lipinski definition) is 4. The predicted molar refractivity (Wildman–Crippen MR) is 108 cm³/mol. The molecule has 2 unspecified atom stereocenters. The molecule has 29 heavy (non-hydrogen) atoms. The highest BCUT2D eigenvalue weighted by molar-refractivity contribution is 5.99. The van der Waals surface area contributed by atoms with Gasteiger partial charge in [-0.25, -0.2) is 4.39 Å². The first-order chi connectivity index (χ1) is 14.1. The van der Waals surface area contributed by atoms with Crippen LogP contribution in [0.2, 0.25) is 0 Å². The highest BCUT2D eigenvalue weighted by Crippen LogP contribution is 2.41. The van der Waals surface area contributed by atoms with Crippen molar-refractivity contribution < 1.29 is 18.7 Å². The number of piperazine rings is 1. The standard InChI is InChI=1S/C22H24FN3O3/c1-29-16-8-6-15(7-9-16)25-10-12-26(13-11-25)22(28)18-14-17(18)21(27)24-20-5-3-2-4-19(20)23/h2-9,17-18H,10-14H2,1H3,(H,24,27). The first-order valence-corrected chi connectivity index (χ1v) is 9.80. The lowest BCUT2D eigenvalue weighted by Crippen LogP contribution is -2.49. The van der Waals surface area contributed by atoms with Crippen LogP contribution in [-0.4, -0.2) is 50.0 Å². The fraction of sp³-hybridized carbons (Fsp3) is 0.364. The minimum Gasteiger partial charge on any atom is -0.497 e. The second-order valence-electron chi connectivity index (χ2n) is 7.43. The van der Waals surface area contributed by atoms with Crippen molar-refractivity contribution in [3.63, 3.8) is 0 Å². The molecule has 0 bridgehead atoms. The minimum atomic E-state index is -0.473. The number of nitrogens with zero attached hydrogens (tertiary/aromatic N) is 2. The van der Waals surface area contributed by atoms with Gasteiger partial charge in [-0.3, -0.25) is 9.59 Å². The maximum atomic E-state index is 13.7. The molecule has 2 fully saturated rings. The Kier molecular flexibility index (Phi) is 5.38. The molecule has 2 aromatic carbocycles. The monoisotopic (exact) mass is 397 g/mol. The zero-order valence-electron chi connectivity index (χ0n) is 16.3. The van der Waals surface area contributed by atoms with Crippen LogP contribution < -0.4 is 15.0 Å². The molecular weight excluding hydrogens is 373 g/mol. The van der Waals surface area contributed by atoms with E-state index in [-0.39, 0.29) is 29.3 Å². The van der Waals surface area contributed by atoms with Gasteiger partial charge in [0.15, 0.2) is 0 Å². The Bertz CT molecular complexity index is 894. The highest BCUT2D eigenvalue weighted by atomic mass is 19.1. The van der Waals surface area contributed by atoms with E-state index >= 15 is 0 Å². The topological polar surface area (TPSA) is 61.9 Å². The van der Waals surface area contributed by atoms with Gasteiger partial charge in [-0.15, -0.1) is 0 Å². The molecule has 152 valence electrons. The third kappa shape index (κ3) is 4.18. The lowest BCUT2D eigenvalue weighted by molar-refractivity contribution is -0.134. The summed E-state index contributed by atoms with van der Waals surface area (Å²) in [5, 5.41) is 2.59. The van der Waals surface area contributed by atoms with E-state index in [1.54, 1.807) is 19.2 Å². The van der Waals surface area contributed by atoms with E-state index in [4.69, 9.17) is 4.74 Å². The zero-order valence-corrected chi connectivity index (χ0v) is 16.3. The van der Waals surface area contributed by atoms with Crippen molar-refractivity contribution in [1.82, 2.24) is 4.90 Å². The third-order valence-corrected chi connectivity index (χ3v) is 5.61. The normalized spacial score (nSPS) is 20.9. The summed E-state index contributed by atoms with van der Waals surface area (Å²) in [6, 6.07) is 13.9. The van der Waals surface area contributed by atoms with Gasteiger partial charge in [-0.2, -0.15) is 0 Å². The van der Waals surface area contributed by atoms with Crippen molar-refractivity contribution in [1.29, 1.82) is 0 Å². The van der Waals surface area contributed by atoms with Gasteiger partial charge in [0.1, 0.15) is 11.6 Å². The van der Waals surface area contributed by atoms with Crippen LogP contribution in [0.3, 0.4) is 0 Å². The fourth-order valence-electron chi connectivity index (χ4n) is 3.76. The number of anilines is 2. The van der Waals surface area contributed by atoms with Gasteiger partial charge in [0.25, 0.3) is 0 Å². The zero-order chi connectivity index (χ0) is 20.4. The Morgan fingerprint density at radius 2 is 1.69 bits per heavy atom. The molecule has 2 atom stereocenters. The van der Waals surface area contributed by atoms with E-state index in [9.17, 15) is 14.0 Å². The Morgan fingerprint density at radius 1 is 1.00 bits per heavy atom. The van der Waals surface area contributed by atoms with Crippen LogP contribution in [0.1, 0.15) is 6.42 Å². The molecule has 0 aromatic heterocycles. The van der Waals surface area contributed by atoms with Gasteiger partial charge in [0.05, 0.1) is 24.6 Å². The Morgan fingerprint density at radius 3 is 2.34 bits per heavy atom. The lowest BCUT2D eigenvalue weighted by Gasteiger charge is -2.36. The predicted octanol–water partition coefficient (Wildman–Crippen LogP) is 2.76. The van der Waals surface area contributed by atoms with E-state index in [0.29, 0.717) is 19.5 Å². The van der Waals surface area contributed by atoms with Gasteiger partial charge < -0.3 is 19.9 Å². The molecule has 1 N–H and O–H groups in total. The summed E-state index contributed by atoms with van der Waals surface area (Å²) in [7, 11) is 1.64. The van der Waals surface area contributed by atoms with E-state index in [1.807, 2.05) is 29.2 Å². The molecule has 1 aliphatic carbocycles. The third-order valence-electron chi connectivity index (χ3n) is 5.61. The molecule has 7 heteroatoms. The molecule has 2 aliphatic rings. The summed E-state index contributed by atoms with van der Waals surface area (Å²) >= 11 is 0. The largest absolute Gasteiger partial charge is 0.497 e. The maximum absolute atomic E-state index is 13.7. The Balaban J connectivity index is 1.28. The van der Waals surface area contributed by atoms with E-state index in [1.165, 1.54) is 12.1 Å². The van der Waals surface area contributed by atoms with Gasteiger partial charge >= 0.3 is 0 Å². The first-order valence-electron chi connectivity index (χ1n) is 9.80. The molecule has 6 nitrogen and oxygen atoms in total. The van der Waals surface area contributed by atoms with Crippen molar-refractivity contribution in [2.75, 3.05) is 43.5 Å². The van der Waals surface area contributed by atoms with Gasteiger partial charge in [-0.05, 0) is 42.8 Å². The number of para-hydroxylation sites is 1. The quantitative estimate of drug-likeness (QED) is 0.843. The van der Waals surface area contributed by atoms with Crippen molar-refractivity contribution in [2.24, 2.45) is 11.8 Å². The number of methoxy groups -OCH3 is 1. The molecule has 4 rings (SSSR count). The number of carbonyl (C=O) groups excluding carboxylic acids is 2. The SMILES string of the molecule is COc1ccc(N2CCN(C(=O)C3CC3C(=O)Nc3ccccc3F)CC2)cc1. The van der Waals surface area contributed by atoms with Crippen LogP contribution in [0.5, 0.6) is 5.75 Å². The lowest BCUT2D eigenvalue weighted by atomic mass is 10.2. The second kappa shape index (κ2) is 8.11. The van der Waals surface area contributed by atoms with Crippen molar-refractivity contribution in [3.05, 3.63) is 54.3 Å². The molecule has 0 spiro atoms. The molecule has 2 aromatic rings.